The number of hydrogen-bond donors (Lipinski definition) is 2. The number of aromatic nitrogens is 3. The fourth-order valence-electron chi connectivity index (χ4n) is 7.21. The van der Waals surface area contributed by atoms with E-state index in [1.54, 1.807) is 18.3 Å². The van der Waals surface area contributed by atoms with Crippen molar-refractivity contribution in [2.45, 2.75) is 44.1 Å². The van der Waals surface area contributed by atoms with Crippen LogP contribution in [-0.2, 0) is 17.6 Å². The van der Waals surface area contributed by atoms with Crippen LogP contribution in [0.1, 0.15) is 53.5 Å². The summed E-state index contributed by atoms with van der Waals surface area (Å²) in [6.07, 6.45) is 4.58. The summed E-state index contributed by atoms with van der Waals surface area (Å²) in [6.45, 7) is 0.648. The summed E-state index contributed by atoms with van der Waals surface area (Å²) in [5, 5.41) is 11.8. The first-order valence-corrected chi connectivity index (χ1v) is 15.5. The SMILES string of the molecule is O=C1C2=C(NC(CCc3ccc(F)cc3)=C(c3n[nH]c(=O)o3)C2c2ccc3c(Cc4ccc(F)cc4F)nccc3c2)[C@@H]2CCCN12. The Morgan fingerprint density at radius 1 is 0.915 bits per heavy atom. The number of aryl methyl sites for hydroxylation is 1. The lowest BCUT2D eigenvalue weighted by Gasteiger charge is -2.30. The molecule has 0 bridgehead atoms. The van der Waals surface area contributed by atoms with E-state index in [1.807, 2.05) is 29.2 Å². The summed E-state index contributed by atoms with van der Waals surface area (Å²) < 4.78 is 47.3. The highest BCUT2D eigenvalue weighted by atomic mass is 19.1. The predicted molar refractivity (Wildman–Crippen MR) is 167 cm³/mol. The number of pyridine rings is 1. The van der Waals surface area contributed by atoms with Crippen LogP contribution >= 0.6 is 0 Å². The van der Waals surface area contributed by atoms with E-state index < -0.39 is 23.3 Å². The van der Waals surface area contributed by atoms with Crippen molar-refractivity contribution >= 4 is 22.3 Å². The van der Waals surface area contributed by atoms with Gasteiger partial charge in [-0.1, -0.05) is 36.4 Å². The zero-order valence-electron chi connectivity index (χ0n) is 25.0. The third-order valence-corrected chi connectivity index (χ3v) is 9.38. The van der Waals surface area contributed by atoms with Crippen molar-refractivity contribution in [1.29, 1.82) is 0 Å². The molecule has 5 aromatic rings. The van der Waals surface area contributed by atoms with Crippen molar-refractivity contribution in [2.24, 2.45) is 0 Å². The molecule has 11 heteroatoms. The number of nitrogens with zero attached hydrogens (tertiary/aromatic N) is 3. The van der Waals surface area contributed by atoms with Crippen molar-refractivity contribution < 1.29 is 22.4 Å². The first kappa shape index (κ1) is 29.0. The smallest absolute Gasteiger partial charge is 0.388 e. The van der Waals surface area contributed by atoms with E-state index in [9.17, 15) is 22.8 Å². The Morgan fingerprint density at radius 3 is 2.53 bits per heavy atom. The van der Waals surface area contributed by atoms with E-state index in [1.165, 1.54) is 24.3 Å². The second-order valence-corrected chi connectivity index (χ2v) is 12.1. The molecule has 0 radical (unpaired) electrons. The van der Waals surface area contributed by atoms with E-state index in [0.29, 0.717) is 41.8 Å². The van der Waals surface area contributed by atoms with Gasteiger partial charge in [-0.15, -0.1) is 5.10 Å². The molecule has 1 amide bonds. The molecule has 3 aromatic carbocycles. The highest BCUT2D eigenvalue weighted by Gasteiger charge is 2.49. The number of aromatic amines is 1. The molecule has 2 N–H and O–H groups in total. The van der Waals surface area contributed by atoms with Gasteiger partial charge in [-0.3, -0.25) is 9.78 Å². The van der Waals surface area contributed by atoms with E-state index in [0.717, 1.165) is 52.2 Å². The van der Waals surface area contributed by atoms with Crippen LogP contribution in [0.15, 0.2) is 99.1 Å². The standard InChI is InChI=1S/C36H28F3N5O3/c37-23-8-3-19(4-9-23)5-12-27-31(34-42-43-36(46)47-34)30(32-33(41-27)29-2-1-15-44(29)35(32)45)22-7-11-25-20(16-22)13-14-40-28(25)17-21-6-10-24(38)18-26(21)39/h3-4,6-11,13-14,16,18,29-30,41H,1-2,5,12,15,17H2,(H,43,46)/t29-,30?/m0/s1. The van der Waals surface area contributed by atoms with Crippen LogP contribution in [-0.4, -0.2) is 38.6 Å². The molecule has 8 rings (SSSR count). The molecule has 47 heavy (non-hydrogen) atoms. The van der Waals surface area contributed by atoms with Gasteiger partial charge in [-0.2, -0.15) is 0 Å². The molecule has 0 aliphatic carbocycles. The molecule has 8 nitrogen and oxygen atoms in total. The maximum atomic E-state index is 14.6. The minimum atomic E-state index is -0.718. The number of halogens is 3. The molecule has 2 aromatic heterocycles. The van der Waals surface area contributed by atoms with E-state index in [-0.39, 0.29) is 30.1 Å². The third kappa shape index (κ3) is 5.11. The van der Waals surface area contributed by atoms with Crippen LogP contribution in [0, 0.1) is 17.5 Å². The van der Waals surface area contributed by atoms with Crippen molar-refractivity contribution in [3.63, 3.8) is 0 Å². The lowest BCUT2D eigenvalue weighted by Crippen LogP contribution is -2.32. The Hall–Kier alpha value is -5.45. The van der Waals surface area contributed by atoms with Crippen LogP contribution in [0.2, 0.25) is 0 Å². The minimum absolute atomic E-state index is 0.0738. The van der Waals surface area contributed by atoms with Gasteiger partial charge in [0.15, 0.2) is 0 Å². The topological polar surface area (TPSA) is 104 Å². The Labute approximate surface area is 266 Å². The van der Waals surface area contributed by atoms with Crippen molar-refractivity contribution in [3.8, 4) is 0 Å². The number of carbonyl (C=O) groups excluding carboxylic acids is 1. The van der Waals surface area contributed by atoms with Gasteiger partial charge in [-0.25, -0.2) is 23.1 Å². The van der Waals surface area contributed by atoms with E-state index >= 15 is 0 Å². The summed E-state index contributed by atoms with van der Waals surface area (Å²) >= 11 is 0. The second kappa shape index (κ2) is 11.4. The van der Waals surface area contributed by atoms with Crippen molar-refractivity contribution in [1.82, 2.24) is 25.4 Å². The van der Waals surface area contributed by atoms with Gasteiger partial charge in [0.1, 0.15) is 17.5 Å². The third-order valence-electron chi connectivity index (χ3n) is 9.38. The summed E-state index contributed by atoms with van der Waals surface area (Å²) in [5.74, 6) is -2.93. The minimum Gasteiger partial charge on any atom is -0.388 e. The van der Waals surface area contributed by atoms with E-state index in [4.69, 9.17) is 4.42 Å². The molecule has 2 atom stereocenters. The molecule has 0 spiro atoms. The zero-order valence-corrected chi connectivity index (χ0v) is 25.0. The first-order valence-electron chi connectivity index (χ1n) is 15.5. The van der Waals surface area contributed by atoms with Crippen LogP contribution in [0.4, 0.5) is 13.2 Å². The number of fused-ring (bicyclic) bond motifs is 3. The number of carbonyl (C=O) groups is 1. The fourth-order valence-corrected chi connectivity index (χ4v) is 7.21. The average molecular weight is 636 g/mol. The number of nitrogens with one attached hydrogen (secondary N) is 2. The Kier molecular flexibility index (Phi) is 7.04. The quantitative estimate of drug-likeness (QED) is 0.231. The van der Waals surface area contributed by atoms with Gasteiger partial charge < -0.3 is 14.6 Å². The predicted octanol–water partition coefficient (Wildman–Crippen LogP) is 5.91. The van der Waals surface area contributed by atoms with E-state index in [2.05, 4.69) is 20.5 Å². The second-order valence-electron chi connectivity index (χ2n) is 12.1. The van der Waals surface area contributed by atoms with Crippen LogP contribution in [0.3, 0.4) is 0 Å². The average Bonchev–Trinajstić information content (AvgIpc) is 3.79. The van der Waals surface area contributed by atoms with Gasteiger partial charge in [0, 0.05) is 53.5 Å². The first-order chi connectivity index (χ1) is 22.8. The molecule has 236 valence electrons. The van der Waals surface area contributed by atoms with Crippen LogP contribution in [0.25, 0.3) is 16.3 Å². The van der Waals surface area contributed by atoms with Gasteiger partial charge in [0.25, 0.3) is 5.91 Å². The Bertz CT molecular complexity index is 2190. The molecule has 3 aliphatic heterocycles. The summed E-state index contributed by atoms with van der Waals surface area (Å²) in [7, 11) is 0. The molecule has 0 saturated carbocycles. The Morgan fingerprint density at radius 2 is 1.74 bits per heavy atom. The Balaban J connectivity index is 1.26. The molecule has 3 aliphatic rings. The summed E-state index contributed by atoms with van der Waals surface area (Å²) in [6, 6.07) is 17.4. The molecule has 1 unspecified atom stereocenters. The summed E-state index contributed by atoms with van der Waals surface area (Å²) in [5.41, 5.74) is 5.41. The molecule has 1 saturated heterocycles. The summed E-state index contributed by atoms with van der Waals surface area (Å²) in [4.78, 5) is 32.7. The molecular formula is C36H28F3N5O3. The van der Waals surface area contributed by atoms with Crippen LogP contribution < -0.4 is 11.1 Å². The van der Waals surface area contributed by atoms with Gasteiger partial charge >= 0.3 is 5.76 Å². The van der Waals surface area contributed by atoms with Gasteiger partial charge in [0.2, 0.25) is 5.89 Å². The highest BCUT2D eigenvalue weighted by molar-refractivity contribution is 6.04. The normalized spacial score (nSPS) is 19.0. The zero-order chi connectivity index (χ0) is 32.2. The van der Waals surface area contributed by atoms with Crippen LogP contribution in [0.5, 0.6) is 0 Å². The fraction of sp³-hybridized carbons (Fsp3) is 0.222. The monoisotopic (exact) mass is 635 g/mol. The molecular weight excluding hydrogens is 607 g/mol. The molecule has 1 fully saturated rings. The van der Waals surface area contributed by atoms with Crippen molar-refractivity contribution in [2.75, 3.05) is 6.54 Å². The number of rotatable bonds is 7. The van der Waals surface area contributed by atoms with Gasteiger partial charge in [0.05, 0.1) is 17.3 Å². The maximum Gasteiger partial charge on any atom is 0.434 e. The lowest BCUT2D eigenvalue weighted by atomic mass is 9.78. The maximum absolute atomic E-state index is 14.6. The van der Waals surface area contributed by atoms with Gasteiger partial charge in [-0.05, 0) is 72.0 Å². The molecule has 5 heterocycles. The largest absolute Gasteiger partial charge is 0.434 e. The number of benzene rings is 3. The number of allylic oxidation sites excluding steroid dienone is 2. The number of hydrogen-bond acceptors (Lipinski definition) is 6. The number of H-pyrrole nitrogens is 1. The highest BCUT2D eigenvalue weighted by Crippen LogP contribution is 2.49. The lowest BCUT2D eigenvalue weighted by molar-refractivity contribution is -0.126. The van der Waals surface area contributed by atoms with Crippen molar-refractivity contribution in [3.05, 3.63) is 146 Å². The number of dihydropyridines is 1. The number of amides is 1.